The Balaban J connectivity index is 2.05. The highest BCUT2D eigenvalue weighted by molar-refractivity contribution is 9.10. The Morgan fingerprint density at radius 1 is 1.29 bits per heavy atom. The van der Waals surface area contributed by atoms with Crippen LogP contribution in [0, 0.1) is 5.82 Å². The Bertz CT molecular complexity index is 697. The molecule has 24 heavy (non-hydrogen) atoms. The molecule has 0 unspecified atom stereocenters. The van der Waals surface area contributed by atoms with Crippen molar-refractivity contribution in [2.75, 3.05) is 19.6 Å². The maximum atomic E-state index is 13.2. The van der Waals surface area contributed by atoms with Crippen LogP contribution in [0.5, 0.6) is 11.6 Å². The molecule has 0 radical (unpaired) electrons. The molecule has 1 aromatic heterocycles. The molecule has 0 bridgehead atoms. The van der Waals surface area contributed by atoms with Gasteiger partial charge in [-0.05, 0) is 59.2 Å². The Kier molecular flexibility index (Phi) is 7.14. The van der Waals surface area contributed by atoms with Crippen molar-refractivity contribution in [3.8, 4) is 11.6 Å². The van der Waals surface area contributed by atoms with Gasteiger partial charge in [-0.2, -0.15) is 0 Å². The van der Waals surface area contributed by atoms with Crippen LogP contribution in [0.3, 0.4) is 0 Å². The molecule has 1 aromatic carbocycles. The van der Waals surface area contributed by atoms with Crippen molar-refractivity contribution in [2.24, 2.45) is 0 Å². The fraction of sp³-hybridized carbons (Fsp3) is 0.294. The van der Waals surface area contributed by atoms with Gasteiger partial charge in [0.05, 0.1) is 4.47 Å². The van der Waals surface area contributed by atoms with Gasteiger partial charge in [0, 0.05) is 19.3 Å². The van der Waals surface area contributed by atoms with Crippen LogP contribution in [-0.4, -0.2) is 30.5 Å². The lowest BCUT2D eigenvalue weighted by Gasteiger charge is -2.11. The number of aromatic nitrogens is 1. The number of pyridine rings is 1. The smallest absolute Gasteiger partial charge is 0.256 e. The third-order valence-electron chi connectivity index (χ3n) is 3.13. The van der Waals surface area contributed by atoms with E-state index in [-0.39, 0.29) is 17.6 Å². The van der Waals surface area contributed by atoms with E-state index in [9.17, 15) is 9.18 Å². The summed E-state index contributed by atoms with van der Waals surface area (Å²) >= 11 is 3.23. The van der Waals surface area contributed by atoms with E-state index in [2.05, 4.69) is 38.5 Å². The summed E-state index contributed by atoms with van der Waals surface area (Å²) in [6.45, 7) is 4.20. The Labute approximate surface area is 148 Å². The van der Waals surface area contributed by atoms with Gasteiger partial charge in [-0.25, -0.2) is 9.37 Å². The number of carbonyl (C=O) groups is 1. The monoisotopic (exact) mass is 395 g/mol. The summed E-state index contributed by atoms with van der Waals surface area (Å²) in [6.07, 6.45) is 2.58. The van der Waals surface area contributed by atoms with Crippen LogP contribution in [0.2, 0.25) is 0 Å². The molecule has 5 nitrogen and oxygen atoms in total. The second-order valence-electron chi connectivity index (χ2n) is 5.04. The van der Waals surface area contributed by atoms with Gasteiger partial charge in [0.2, 0.25) is 5.88 Å². The molecule has 0 fully saturated rings. The van der Waals surface area contributed by atoms with E-state index in [0.29, 0.717) is 28.9 Å². The Morgan fingerprint density at radius 2 is 2.12 bits per heavy atom. The summed E-state index contributed by atoms with van der Waals surface area (Å²) in [7, 11) is 0. The van der Waals surface area contributed by atoms with E-state index in [0.717, 1.165) is 13.0 Å². The van der Waals surface area contributed by atoms with Crippen molar-refractivity contribution in [1.82, 2.24) is 15.6 Å². The van der Waals surface area contributed by atoms with Crippen LogP contribution in [0.25, 0.3) is 0 Å². The van der Waals surface area contributed by atoms with Crippen molar-refractivity contribution in [2.45, 2.75) is 13.3 Å². The summed E-state index contributed by atoms with van der Waals surface area (Å²) in [6, 6.07) is 7.34. The molecule has 1 amide bonds. The number of rotatable bonds is 8. The normalized spacial score (nSPS) is 10.5. The summed E-state index contributed by atoms with van der Waals surface area (Å²) in [4.78, 5) is 16.4. The van der Waals surface area contributed by atoms with E-state index in [1.807, 2.05) is 0 Å². The maximum absolute atomic E-state index is 13.2. The summed E-state index contributed by atoms with van der Waals surface area (Å²) in [5.41, 5.74) is 0.323. The number of carbonyl (C=O) groups excluding carboxylic acids is 1. The zero-order chi connectivity index (χ0) is 17.4. The van der Waals surface area contributed by atoms with Crippen LogP contribution < -0.4 is 15.4 Å². The molecular weight excluding hydrogens is 377 g/mol. The molecule has 2 rings (SSSR count). The minimum absolute atomic E-state index is 0.170. The predicted octanol–water partition coefficient (Wildman–Crippen LogP) is 3.50. The summed E-state index contributed by atoms with van der Waals surface area (Å²) in [5.74, 6) is -0.0972. The summed E-state index contributed by atoms with van der Waals surface area (Å²) in [5, 5.41) is 6.02. The van der Waals surface area contributed by atoms with Crippen LogP contribution in [0.15, 0.2) is 41.0 Å². The lowest BCUT2D eigenvalue weighted by Crippen LogP contribution is -2.32. The first-order chi connectivity index (χ1) is 11.6. The highest BCUT2D eigenvalue weighted by Crippen LogP contribution is 2.30. The van der Waals surface area contributed by atoms with Crippen LogP contribution >= 0.6 is 15.9 Å². The molecule has 0 aliphatic rings. The van der Waals surface area contributed by atoms with Crippen LogP contribution in [0.4, 0.5) is 4.39 Å². The minimum Gasteiger partial charge on any atom is -0.437 e. The highest BCUT2D eigenvalue weighted by atomic mass is 79.9. The largest absolute Gasteiger partial charge is 0.437 e. The lowest BCUT2D eigenvalue weighted by molar-refractivity contribution is 0.0951. The van der Waals surface area contributed by atoms with E-state index < -0.39 is 0 Å². The quantitative estimate of drug-likeness (QED) is 0.671. The average molecular weight is 396 g/mol. The first-order valence-corrected chi connectivity index (χ1v) is 8.48. The highest BCUT2D eigenvalue weighted by Gasteiger charge is 2.15. The van der Waals surface area contributed by atoms with Gasteiger partial charge in [0.15, 0.2) is 0 Å². The molecule has 0 aliphatic carbocycles. The van der Waals surface area contributed by atoms with Crippen molar-refractivity contribution < 1.29 is 13.9 Å². The molecule has 0 spiro atoms. The number of amides is 1. The van der Waals surface area contributed by atoms with Gasteiger partial charge in [-0.1, -0.05) is 6.92 Å². The molecule has 2 N–H and O–H groups in total. The lowest BCUT2D eigenvalue weighted by atomic mass is 10.2. The first-order valence-electron chi connectivity index (χ1n) is 7.68. The van der Waals surface area contributed by atoms with Crippen LogP contribution in [-0.2, 0) is 0 Å². The fourth-order valence-electron chi connectivity index (χ4n) is 1.97. The van der Waals surface area contributed by atoms with Crippen molar-refractivity contribution in [3.63, 3.8) is 0 Å². The molecule has 128 valence electrons. The molecule has 0 saturated carbocycles. The molecular formula is C17H19BrFN3O2. The van der Waals surface area contributed by atoms with Gasteiger partial charge in [0.1, 0.15) is 17.1 Å². The van der Waals surface area contributed by atoms with E-state index in [4.69, 9.17) is 4.74 Å². The van der Waals surface area contributed by atoms with Crippen molar-refractivity contribution >= 4 is 21.8 Å². The second kappa shape index (κ2) is 9.34. The van der Waals surface area contributed by atoms with Crippen molar-refractivity contribution in [1.29, 1.82) is 0 Å². The van der Waals surface area contributed by atoms with E-state index >= 15 is 0 Å². The number of hydrogen-bond acceptors (Lipinski definition) is 4. The van der Waals surface area contributed by atoms with Crippen molar-refractivity contribution in [3.05, 3.63) is 52.4 Å². The molecule has 1 heterocycles. The van der Waals surface area contributed by atoms with Gasteiger partial charge >= 0.3 is 0 Å². The number of ether oxygens (including phenoxy) is 1. The molecule has 7 heteroatoms. The van der Waals surface area contributed by atoms with Gasteiger partial charge in [0.25, 0.3) is 5.91 Å². The predicted molar refractivity (Wildman–Crippen MR) is 93.9 cm³/mol. The van der Waals surface area contributed by atoms with E-state index in [1.165, 1.54) is 24.4 Å². The number of hydrogen-bond donors (Lipinski definition) is 2. The number of benzene rings is 1. The zero-order valence-corrected chi connectivity index (χ0v) is 14.9. The average Bonchev–Trinajstić information content (AvgIpc) is 2.57. The molecule has 2 aromatic rings. The Morgan fingerprint density at radius 3 is 2.88 bits per heavy atom. The molecule has 0 saturated heterocycles. The maximum Gasteiger partial charge on any atom is 0.256 e. The number of nitrogens with one attached hydrogen (secondary N) is 2. The standard InChI is InChI=1S/C17H19BrFN3O2/c1-2-7-20-9-10-21-16(23)13-4-3-8-22-17(13)24-15-6-5-12(19)11-14(15)18/h3-6,8,11,20H,2,7,9-10H2,1H3,(H,21,23). The molecule has 0 atom stereocenters. The van der Waals surface area contributed by atoms with Gasteiger partial charge in [-0.15, -0.1) is 0 Å². The topological polar surface area (TPSA) is 63.2 Å². The minimum atomic E-state index is -0.382. The number of halogens is 2. The third kappa shape index (κ3) is 5.28. The summed E-state index contributed by atoms with van der Waals surface area (Å²) < 4.78 is 19.3. The van der Waals surface area contributed by atoms with Gasteiger partial charge < -0.3 is 15.4 Å². The third-order valence-corrected chi connectivity index (χ3v) is 3.75. The van der Waals surface area contributed by atoms with Gasteiger partial charge in [-0.3, -0.25) is 4.79 Å². The van der Waals surface area contributed by atoms with E-state index in [1.54, 1.807) is 12.1 Å². The van der Waals surface area contributed by atoms with Crippen LogP contribution in [0.1, 0.15) is 23.7 Å². The fourth-order valence-corrected chi connectivity index (χ4v) is 2.40. The SMILES string of the molecule is CCCNCCNC(=O)c1cccnc1Oc1ccc(F)cc1Br. The first kappa shape index (κ1) is 18.4. The second-order valence-corrected chi connectivity index (χ2v) is 5.89. The zero-order valence-electron chi connectivity index (χ0n) is 13.3. The number of nitrogens with zero attached hydrogens (tertiary/aromatic N) is 1. The molecule has 0 aliphatic heterocycles. The Hall–Kier alpha value is -1.99.